The highest BCUT2D eigenvalue weighted by Crippen LogP contribution is 2.23. The fourth-order valence-corrected chi connectivity index (χ4v) is 1.65. The number of halogens is 1. The molecule has 13 heavy (non-hydrogen) atoms. The molecule has 0 atom stereocenters. The second-order valence-corrected chi connectivity index (χ2v) is 3.70. The predicted octanol–water partition coefficient (Wildman–Crippen LogP) is 4.15. The second-order valence-electron chi connectivity index (χ2n) is 2.79. The molecule has 1 nitrogen and oxygen atoms in total. The molecule has 0 radical (unpaired) electrons. The zero-order chi connectivity index (χ0) is 9.26. The summed E-state index contributed by atoms with van der Waals surface area (Å²) >= 11 is 3.41. The van der Waals surface area contributed by atoms with E-state index in [1.807, 2.05) is 36.4 Å². The third-order valence-electron chi connectivity index (χ3n) is 1.91. The van der Waals surface area contributed by atoms with Gasteiger partial charge in [-0.05, 0) is 29.0 Å². The van der Waals surface area contributed by atoms with Crippen molar-refractivity contribution in [1.82, 2.24) is 0 Å². The van der Waals surface area contributed by atoms with Crippen molar-refractivity contribution in [3.8, 4) is 0 Å². The summed E-state index contributed by atoms with van der Waals surface area (Å²) in [6.07, 6.45) is 0. The molecule has 0 aliphatic carbocycles. The normalized spacial score (nSPS) is 9.85. The molecule has 2 aromatic carbocycles. The summed E-state index contributed by atoms with van der Waals surface area (Å²) in [6, 6.07) is 11.7. The van der Waals surface area contributed by atoms with Crippen LogP contribution >= 0.6 is 15.9 Å². The van der Waals surface area contributed by atoms with E-state index in [-0.39, 0.29) is 0 Å². The second kappa shape index (κ2) is 3.20. The number of fused-ring (bicyclic) bond motifs is 1. The van der Waals surface area contributed by atoms with E-state index in [0.29, 0.717) is 5.69 Å². The quantitative estimate of drug-likeness (QED) is 0.601. The van der Waals surface area contributed by atoms with Gasteiger partial charge < -0.3 is 0 Å². The summed E-state index contributed by atoms with van der Waals surface area (Å²) in [5, 5.41) is 2.26. The highest BCUT2D eigenvalue weighted by Gasteiger charge is 1.95. The Balaban J connectivity index is 2.75. The molecule has 2 rings (SSSR count). The van der Waals surface area contributed by atoms with Gasteiger partial charge in [0.2, 0.25) is 0 Å². The molecule has 0 fully saturated rings. The summed E-state index contributed by atoms with van der Waals surface area (Å²) in [5.74, 6) is 0. The van der Waals surface area contributed by atoms with Crippen molar-refractivity contribution in [2.45, 2.75) is 0 Å². The first kappa shape index (κ1) is 8.28. The van der Waals surface area contributed by atoms with E-state index in [1.165, 1.54) is 0 Å². The van der Waals surface area contributed by atoms with Crippen molar-refractivity contribution >= 4 is 32.4 Å². The molecule has 0 unspecified atom stereocenters. The van der Waals surface area contributed by atoms with Crippen molar-refractivity contribution in [2.24, 2.45) is 0 Å². The van der Waals surface area contributed by atoms with Gasteiger partial charge in [-0.2, -0.15) is 0 Å². The van der Waals surface area contributed by atoms with E-state index in [4.69, 9.17) is 6.57 Å². The predicted molar refractivity (Wildman–Crippen MR) is 57.9 cm³/mol. The van der Waals surface area contributed by atoms with Crippen LogP contribution in [0, 0.1) is 6.57 Å². The Morgan fingerprint density at radius 2 is 1.69 bits per heavy atom. The van der Waals surface area contributed by atoms with Crippen LogP contribution in [0.5, 0.6) is 0 Å². The molecule has 2 heteroatoms. The first-order chi connectivity index (χ1) is 6.29. The molecular weight excluding hydrogens is 226 g/mol. The summed E-state index contributed by atoms with van der Waals surface area (Å²) in [6.45, 7) is 6.88. The standard InChI is InChI=1S/C11H6BrN/c1-13-11-5-3-8-6-10(12)4-2-9(8)7-11/h2-7H. The minimum absolute atomic E-state index is 0.690. The van der Waals surface area contributed by atoms with Crippen LogP contribution in [0.3, 0.4) is 0 Å². The molecule has 0 aromatic heterocycles. The lowest BCUT2D eigenvalue weighted by Gasteiger charge is -1.98. The number of benzene rings is 2. The van der Waals surface area contributed by atoms with Gasteiger partial charge in [-0.25, -0.2) is 4.85 Å². The molecule has 0 spiro atoms. The van der Waals surface area contributed by atoms with E-state index in [9.17, 15) is 0 Å². The molecule has 0 N–H and O–H groups in total. The van der Waals surface area contributed by atoms with Gasteiger partial charge >= 0.3 is 0 Å². The molecule has 2 aromatic rings. The van der Waals surface area contributed by atoms with Crippen LogP contribution in [0.25, 0.3) is 15.6 Å². The summed E-state index contributed by atoms with van der Waals surface area (Å²) in [7, 11) is 0. The van der Waals surface area contributed by atoms with Gasteiger partial charge in [0.15, 0.2) is 5.69 Å². The summed E-state index contributed by atoms with van der Waals surface area (Å²) < 4.78 is 1.07. The van der Waals surface area contributed by atoms with Gasteiger partial charge in [-0.3, -0.25) is 0 Å². The van der Waals surface area contributed by atoms with Gasteiger partial charge in [0.25, 0.3) is 0 Å². The summed E-state index contributed by atoms with van der Waals surface area (Å²) in [4.78, 5) is 3.38. The van der Waals surface area contributed by atoms with E-state index in [1.54, 1.807) is 0 Å². The maximum atomic E-state index is 6.88. The van der Waals surface area contributed by atoms with E-state index in [2.05, 4.69) is 20.8 Å². The monoisotopic (exact) mass is 231 g/mol. The van der Waals surface area contributed by atoms with E-state index in [0.717, 1.165) is 15.2 Å². The zero-order valence-corrected chi connectivity index (χ0v) is 8.38. The van der Waals surface area contributed by atoms with Crippen LogP contribution in [0.4, 0.5) is 5.69 Å². The highest BCUT2D eigenvalue weighted by molar-refractivity contribution is 9.10. The maximum absolute atomic E-state index is 6.88. The average Bonchev–Trinajstić information content (AvgIpc) is 2.17. The van der Waals surface area contributed by atoms with Crippen molar-refractivity contribution in [3.05, 3.63) is 52.3 Å². The molecular formula is C11H6BrN. The van der Waals surface area contributed by atoms with Crippen LogP contribution in [0.1, 0.15) is 0 Å². The van der Waals surface area contributed by atoms with Crippen molar-refractivity contribution in [3.63, 3.8) is 0 Å². The van der Waals surface area contributed by atoms with E-state index >= 15 is 0 Å². The molecule has 0 heterocycles. The van der Waals surface area contributed by atoms with Crippen molar-refractivity contribution in [2.75, 3.05) is 0 Å². The summed E-state index contributed by atoms with van der Waals surface area (Å²) in [5.41, 5.74) is 0.690. The fraction of sp³-hybridized carbons (Fsp3) is 0. The third kappa shape index (κ3) is 1.56. The van der Waals surface area contributed by atoms with Crippen LogP contribution in [-0.2, 0) is 0 Å². The van der Waals surface area contributed by atoms with Crippen LogP contribution in [0.2, 0.25) is 0 Å². The smallest absolute Gasteiger partial charge is 0.187 e. The Morgan fingerprint density at radius 1 is 1.00 bits per heavy atom. The van der Waals surface area contributed by atoms with Gasteiger partial charge in [-0.15, -0.1) is 0 Å². The molecule has 0 bridgehead atoms. The van der Waals surface area contributed by atoms with Crippen LogP contribution < -0.4 is 0 Å². The first-order valence-corrected chi connectivity index (χ1v) is 4.66. The minimum Gasteiger partial charge on any atom is -0.238 e. The largest absolute Gasteiger partial charge is 0.238 e. The van der Waals surface area contributed by atoms with E-state index < -0.39 is 0 Å². The van der Waals surface area contributed by atoms with Gasteiger partial charge in [0.05, 0.1) is 6.57 Å². The highest BCUT2D eigenvalue weighted by atomic mass is 79.9. The number of hydrogen-bond donors (Lipinski definition) is 0. The van der Waals surface area contributed by atoms with Gasteiger partial charge in [0.1, 0.15) is 0 Å². The molecule has 0 aliphatic heterocycles. The maximum Gasteiger partial charge on any atom is 0.187 e. The average molecular weight is 232 g/mol. The number of rotatable bonds is 0. The minimum atomic E-state index is 0.690. The van der Waals surface area contributed by atoms with Gasteiger partial charge in [0, 0.05) is 4.47 Å². The van der Waals surface area contributed by atoms with Crippen molar-refractivity contribution < 1.29 is 0 Å². The number of hydrogen-bond acceptors (Lipinski definition) is 0. The Hall–Kier alpha value is -1.33. The molecule has 0 aliphatic rings. The SMILES string of the molecule is [C-]#[N+]c1ccc2cc(Br)ccc2c1. The fourth-order valence-electron chi connectivity index (χ4n) is 1.27. The molecule has 0 saturated heterocycles. The zero-order valence-electron chi connectivity index (χ0n) is 6.79. The molecule has 0 saturated carbocycles. The Bertz CT molecular complexity index is 497. The van der Waals surface area contributed by atoms with Crippen LogP contribution in [-0.4, -0.2) is 0 Å². The lowest BCUT2D eigenvalue weighted by Crippen LogP contribution is -1.71. The Kier molecular flexibility index (Phi) is 2.03. The third-order valence-corrected chi connectivity index (χ3v) is 2.41. The first-order valence-electron chi connectivity index (χ1n) is 3.86. The lowest BCUT2D eigenvalue weighted by atomic mass is 10.1. The van der Waals surface area contributed by atoms with Gasteiger partial charge in [-0.1, -0.05) is 34.1 Å². The lowest BCUT2D eigenvalue weighted by molar-refractivity contribution is 1.71. The van der Waals surface area contributed by atoms with Crippen LogP contribution in [0.15, 0.2) is 40.9 Å². The topological polar surface area (TPSA) is 4.36 Å². The molecule has 62 valence electrons. The van der Waals surface area contributed by atoms with Crippen molar-refractivity contribution in [1.29, 1.82) is 0 Å². The Labute approximate surface area is 84.9 Å². The Morgan fingerprint density at radius 3 is 2.46 bits per heavy atom. The molecule has 0 amide bonds. The number of nitrogens with zero attached hydrogens (tertiary/aromatic N) is 1.